The van der Waals surface area contributed by atoms with Crippen LogP contribution in [0.4, 0.5) is 17.2 Å². The van der Waals surface area contributed by atoms with Gasteiger partial charge in [-0.25, -0.2) is 9.97 Å². The van der Waals surface area contributed by atoms with Crippen molar-refractivity contribution in [3.8, 4) is 0 Å². The van der Waals surface area contributed by atoms with Gasteiger partial charge in [-0.05, 0) is 61.2 Å². The predicted octanol–water partition coefficient (Wildman–Crippen LogP) is 3.54. The molecule has 7 nitrogen and oxygen atoms in total. The number of hydrogen-bond acceptors (Lipinski definition) is 6. The molecule has 148 valence electrons. The van der Waals surface area contributed by atoms with E-state index in [1.165, 1.54) is 31.1 Å². The van der Waals surface area contributed by atoms with E-state index >= 15 is 0 Å². The van der Waals surface area contributed by atoms with Crippen LogP contribution >= 0.6 is 0 Å². The summed E-state index contributed by atoms with van der Waals surface area (Å²) < 4.78 is 0. The average molecular weight is 388 g/mol. The van der Waals surface area contributed by atoms with Crippen molar-refractivity contribution in [2.45, 2.75) is 25.8 Å². The first-order valence-corrected chi connectivity index (χ1v) is 9.89. The molecule has 1 amide bonds. The Balaban J connectivity index is 1.32. The van der Waals surface area contributed by atoms with E-state index in [2.05, 4.69) is 42.6 Å². The van der Waals surface area contributed by atoms with Crippen molar-refractivity contribution < 1.29 is 4.79 Å². The van der Waals surface area contributed by atoms with Gasteiger partial charge in [0.05, 0.1) is 12.4 Å². The highest BCUT2D eigenvalue weighted by atomic mass is 16.1. The average Bonchev–Trinajstić information content (AvgIpc) is 2.80. The zero-order valence-corrected chi connectivity index (χ0v) is 16.2. The maximum atomic E-state index is 12.2. The minimum atomic E-state index is -0.258. The first-order valence-electron chi connectivity index (χ1n) is 9.89. The SMILES string of the molecule is O=C(NCc1ccncc1)c1cnc(Nc2ccc(N3CCCCC3)cc2)cn1. The minimum Gasteiger partial charge on any atom is -0.372 e. The molecule has 0 bridgehead atoms. The fourth-order valence-electron chi connectivity index (χ4n) is 3.34. The molecule has 1 aliphatic heterocycles. The number of nitrogens with zero attached hydrogens (tertiary/aromatic N) is 4. The lowest BCUT2D eigenvalue weighted by atomic mass is 10.1. The molecule has 3 heterocycles. The molecule has 4 rings (SSSR count). The van der Waals surface area contributed by atoms with Gasteiger partial charge in [-0.15, -0.1) is 0 Å². The van der Waals surface area contributed by atoms with Crippen LogP contribution < -0.4 is 15.5 Å². The monoisotopic (exact) mass is 388 g/mol. The number of amides is 1. The lowest BCUT2D eigenvalue weighted by Crippen LogP contribution is -2.29. The van der Waals surface area contributed by atoms with Gasteiger partial charge in [-0.2, -0.15) is 0 Å². The normalized spacial score (nSPS) is 13.7. The van der Waals surface area contributed by atoms with Crippen molar-refractivity contribution in [3.05, 3.63) is 72.4 Å². The van der Waals surface area contributed by atoms with Gasteiger partial charge in [0.2, 0.25) is 0 Å². The third-order valence-electron chi connectivity index (χ3n) is 4.95. The van der Waals surface area contributed by atoms with Crippen LogP contribution in [0.25, 0.3) is 0 Å². The summed E-state index contributed by atoms with van der Waals surface area (Å²) in [7, 11) is 0. The van der Waals surface area contributed by atoms with Gasteiger partial charge < -0.3 is 15.5 Å². The van der Waals surface area contributed by atoms with Gasteiger partial charge >= 0.3 is 0 Å². The Morgan fingerprint density at radius 1 is 0.931 bits per heavy atom. The summed E-state index contributed by atoms with van der Waals surface area (Å²) in [6.07, 6.45) is 10.3. The summed E-state index contributed by atoms with van der Waals surface area (Å²) in [5.74, 6) is 0.341. The van der Waals surface area contributed by atoms with E-state index in [1.807, 2.05) is 24.3 Å². The molecule has 0 atom stereocenters. The largest absolute Gasteiger partial charge is 0.372 e. The van der Waals surface area contributed by atoms with E-state index in [-0.39, 0.29) is 11.6 Å². The summed E-state index contributed by atoms with van der Waals surface area (Å²) in [6.45, 7) is 2.68. The summed E-state index contributed by atoms with van der Waals surface area (Å²) in [4.78, 5) is 27.1. The summed E-state index contributed by atoms with van der Waals surface area (Å²) in [6, 6.07) is 12.1. The Morgan fingerprint density at radius 2 is 1.69 bits per heavy atom. The molecule has 0 saturated carbocycles. The van der Waals surface area contributed by atoms with Crippen LogP contribution in [0.2, 0.25) is 0 Å². The number of nitrogens with one attached hydrogen (secondary N) is 2. The number of hydrogen-bond donors (Lipinski definition) is 2. The number of pyridine rings is 1. The number of benzene rings is 1. The van der Waals surface area contributed by atoms with Gasteiger partial charge in [0.25, 0.3) is 5.91 Å². The molecule has 0 spiro atoms. The molecular formula is C22H24N6O. The van der Waals surface area contributed by atoms with Crippen molar-refractivity contribution in [1.29, 1.82) is 0 Å². The topological polar surface area (TPSA) is 83.0 Å². The molecule has 2 N–H and O–H groups in total. The highest BCUT2D eigenvalue weighted by Crippen LogP contribution is 2.23. The molecule has 0 aliphatic carbocycles. The fraction of sp³-hybridized carbons (Fsp3) is 0.273. The molecule has 3 aromatic rings. The molecule has 0 radical (unpaired) electrons. The summed E-state index contributed by atoms with van der Waals surface area (Å²) in [5, 5.41) is 6.05. The van der Waals surface area contributed by atoms with Crippen LogP contribution in [0, 0.1) is 0 Å². The molecule has 0 unspecified atom stereocenters. The molecular weight excluding hydrogens is 364 g/mol. The molecule has 2 aromatic heterocycles. The highest BCUT2D eigenvalue weighted by Gasteiger charge is 2.11. The van der Waals surface area contributed by atoms with Gasteiger partial charge in [-0.1, -0.05) is 0 Å². The minimum absolute atomic E-state index is 0.258. The van der Waals surface area contributed by atoms with E-state index in [0.717, 1.165) is 24.3 Å². The number of anilines is 3. The highest BCUT2D eigenvalue weighted by molar-refractivity contribution is 5.92. The quantitative estimate of drug-likeness (QED) is 0.672. The van der Waals surface area contributed by atoms with Crippen molar-refractivity contribution in [2.24, 2.45) is 0 Å². The number of carbonyl (C=O) groups is 1. The predicted molar refractivity (Wildman–Crippen MR) is 113 cm³/mol. The smallest absolute Gasteiger partial charge is 0.271 e. The van der Waals surface area contributed by atoms with Crippen LogP contribution in [0.3, 0.4) is 0 Å². The second kappa shape index (κ2) is 9.14. The van der Waals surface area contributed by atoms with Crippen LogP contribution in [0.5, 0.6) is 0 Å². The van der Waals surface area contributed by atoms with Gasteiger partial charge in [-0.3, -0.25) is 9.78 Å². The number of carbonyl (C=O) groups excluding carboxylic acids is 1. The lowest BCUT2D eigenvalue weighted by Gasteiger charge is -2.28. The molecule has 7 heteroatoms. The summed E-state index contributed by atoms with van der Waals surface area (Å²) >= 11 is 0. The Hall–Kier alpha value is -3.48. The Labute approximate surface area is 170 Å². The third-order valence-corrected chi connectivity index (χ3v) is 4.95. The lowest BCUT2D eigenvalue weighted by molar-refractivity contribution is 0.0945. The van der Waals surface area contributed by atoms with Crippen molar-refractivity contribution in [1.82, 2.24) is 20.3 Å². The fourth-order valence-corrected chi connectivity index (χ4v) is 3.34. The first-order chi connectivity index (χ1) is 14.3. The maximum Gasteiger partial charge on any atom is 0.271 e. The van der Waals surface area contributed by atoms with Crippen molar-refractivity contribution >= 4 is 23.1 Å². The molecule has 1 aliphatic rings. The van der Waals surface area contributed by atoms with E-state index in [4.69, 9.17) is 0 Å². The maximum absolute atomic E-state index is 12.2. The van der Waals surface area contributed by atoms with E-state index in [9.17, 15) is 4.79 Å². The van der Waals surface area contributed by atoms with Gasteiger partial charge in [0.1, 0.15) is 11.5 Å². The number of rotatable bonds is 6. The van der Waals surface area contributed by atoms with Gasteiger partial charge in [0.15, 0.2) is 0 Å². The zero-order valence-electron chi connectivity index (χ0n) is 16.2. The second-order valence-electron chi connectivity index (χ2n) is 7.04. The molecule has 1 fully saturated rings. The third kappa shape index (κ3) is 5.07. The second-order valence-corrected chi connectivity index (χ2v) is 7.04. The number of piperidine rings is 1. The van der Waals surface area contributed by atoms with Crippen LogP contribution in [0.1, 0.15) is 35.3 Å². The first kappa shape index (κ1) is 18.9. The Kier molecular flexibility index (Phi) is 5.95. The Bertz CT molecular complexity index is 922. The van der Waals surface area contributed by atoms with E-state index < -0.39 is 0 Å². The zero-order chi connectivity index (χ0) is 19.9. The molecule has 29 heavy (non-hydrogen) atoms. The van der Waals surface area contributed by atoms with Crippen LogP contribution in [-0.4, -0.2) is 33.9 Å². The standard InChI is InChI=1S/C22H24N6O/c29-22(26-14-17-8-10-23-11-9-17)20-15-25-21(16-24-20)27-18-4-6-19(7-5-18)28-12-2-1-3-13-28/h4-11,15-16H,1-3,12-14H2,(H,25,27)(H,26,29). The van der Waals surface area contributed by atoms with Crippen LogP contribution in [-0.2, 0) is 6.54 Å². The van der Waals surface area contributed by atoms with Crippen molar-refractivity contribution in [3.63, 3.8) is 0 Å². The van der Waals surface area contributed by atoms with Gasteiger partial charge in [0, 0.05) is 43.4 Å². The molecule has 1 aromatic carbocycles. The molecule has 1 saturated heterocycles. The van der Waals surface area contributed by atoms with E-state index in [1.54, 1.807) is 18.6 Å². The summed E-state index contributed by atoms with van der Waals surface area (Å²) in [5.41, 5.74) is 3.45. The van der Waals surface area contributed by atoms with E-state index in [0.29, 0.717) is 12.4 Å². The number of aromatic nitrogens is 3. The Morgan fingerprint density at radius 3 is 2.38 bits per heavy atom. The van der Waals surface area contributed by atoms with Crippen LogP contribution in [0.15, 0.2) is 61.2 Å². The van der Waals surface area contributed by atoms with Crippen molar-refractivity contribution in [2.75, 3.05) is 23.3 Å².